The summed E-state index contributed by atoms with van der Waals surface area (Å²) in [4.78, 5) is 0.219. The van der Waals surface area contributed by atoms with Gasteiger partial charge in [0.15, 0.2) is 0 Å². The summed E-state index contributed by atoms with van der Waals surface area (Å²) in [6.07, 6.45) is -4.36. The van der Waals surface area contributed by atoms with Crippen molar-refractivity contribution in [3.63, 3.8) is 0 Å². The van der Waals surface area contributed by atoms with Crippen molar-refractivity contribution in [2.45, 2.75) is 24.2 Å². The maximum atomic E-state index is 12.7. The number of nitrogens with zero attached hydrogens (tertiary/aromatic N) is 1. The maximum Gasteiger partial charge on any atom is 0.416 e. The van der Waals surface area contributed by atoms with Gasteiger partial charge >= 0.3 is 6.18 Å². The highest BCUT2D eigenvalue weighted by Crippen LogP contribution is 2.29. The first-order valence-electron chi connectivity index (χ1n) is 8.80. The molecular weight excluding hydrogens is 393 g/mol. The fourth-order valence-corrected chi connectivity index (χ4v) is 4.33. The Balaban J connectivity index is 1.58. The van der Waals surface area contributed by atoms with E-state index in [-0.39, 0.29) is 11.4 Å². The predicted molar refractivity (Wildman–Crippen MR) is 98.0 cm³/mol. The van der Waals surface area contributed by atoms with Gasteiger partial charge in [-0.1, -0.05) is 30.3 Å². The molecule has 3 rings (SSSR count). The Hall–Kier alpha value is -1.94. The minimum atomic E-state index is -4.36. The van der Waals surface area contributed by atoms with Crippen molar-refractivity contribution in [1.82, 2.24) is 9.62 Å². The molecule has 0 radical (unpaired) electrons. The average molecular weight is 414 g/mol. The molecule has 0 atom stereocenters. The Labute approximate surface area is 162 Å². The molecule has 1 fully saturated rings. The van der Waals surface area contributed by atoms with Gasteiger partial charge in [0.25, 0.3) is 0 Å². The Morgan fingerprint density at radius 3 is 2.25 bits per heavy atom. The summed E-state index contributed by atoms with van der Waals surface area (Å²) < 4.78 is 70.0. The maximum absolute atomic E-state index is 12.7. The van der Waals surface area contributed by atoms with E-state index in [1.54, 1.807) is 30.3 Å². The second-order valence-corrected chi connectivity index (χ2v) is 8.40. The molecule has 0 saturated carbocycles. The second-order valence-electron chi connectivity index (χ2n) is 6.46. The fraction of sp³-hybridized carbons (Fsp3) is 0.368. The Morgan fingerprint density at radius 2 is 1.61 bits per heavy atom. The molecule has 0 aliphatic carbocycles. The molecule has 152 valence electrons. The first kappa shape index (κ1) is 20.8. The Morgan fingerprint density at radius 1 is 0.964 bits per heavy atom. The highest BCUT2D eigenvalue weighted by Gasteiger charge is 2.30. The van der Waals surface area contributed by atoms with Crippen LogP contribution in [-0.2, 0) is 34.0 Å². The average Bonchev–Trinajstić information content (AvgIpc) is 2.69. The topological polar surface area (TPSA) is 58.6 Å². The number of nitrogens with one attached hydrogen (secondary N) is 1. The zero-order chi connectivity index (χ0) is 20.2. The minimum Gasteiger partial charge on any atom is -0.379 e. The van der Waals surface area contributed by atoms with Gasteiger partial charge in [0.2, 0.25) is 10.0 Å². The normalized spacial score (nSPS) is 16.2. The van der Waals surface area contributed by atoms with Crippen LogP contribution in [0.1, 0.15) is 16.7 Å². The van der Waals surface area contributed by atoms with Gasteiger partial charge in [-0.25, -0.2) is 8.42 Å². The molecule has 0 amide bonds. The largest absolute Gasteiger partial charge is 0.416 e. The van der Waals surface area contributed by atoms with Gasteiger partial charge < -0.3 is 10.1 Å². The lowest BCUT2D eigenvalue weighted by Crippen LogP contribution is -2.40. The SMILES string of the molecule is O=S(=O)(c1ccc(CNCc2cccc(C(F)(F)F)c2)cc1)N1CCOCC1. The first-order chi connectivity index (χ1) is 13.3. The molecule has 0 unspecified atom stereocenters. The summed E-state index contributed by atoms with van der Waals surface area (Å²) in [7, 11) is -3.53. The smallest absolute Gasteiger partial charge is 0.379 e. The molecule has 9 heteroatoms. The van der Waals surface area contributed by atoms with E-state index >= 15 is 0 Å². The van der Waals surface area contributed by atoms with Gasteiger partial charge in [0.05, 0.1) is 23.7 Å². The zero-order valence-corrected chi connectivity index (χ0v) is 15.9. The van der Waals surface area contributed by atoms with Gasteiger partial charge in [0.1, 0.15) is 0 Å². The molecule has 0 aromatic heterocycles. The number of benzene rings is 2. The third-order valence-corrected chi connectivity index (χ3v) is 6.36. The van der Waals surface area contributed by atoms with Crippen LogP contribution in [0.2, 0.25) is 0 Å². The Kier molecular flexibility index (Phi) is 6.39. The van der Waals surface area contributed by atoms with Crippen LogP contribution < -0.4 is 5.32 Å². The van der Waals surface area contributed by atoms with Crippen molar-refractivity contribution in [3.8, 4) is 0 Å². The third-order valence-electron chi connectivity index (χ3n) is 4.44. The summed E-state index contributed by atoms with van der Waals surface area (Å²) in [5.41, 5.74) is 0.693. The molecule has 1 saturated heterocycles. The van der Waals surface area contributed by atoms with Crippen LogP contribution >= 0.6 is 0 Å². The van der Waals surface area contributed by atoms with Crippen molar-refractivity contribution in [3.05, 3.63) is 65.2 Å². The standard InChI is InChI=1S/C19H21F3N2O3S/c20-19(21,22)17-3-1-2-16(12-17)14-23-13-15-4-6-18(7-5-15)28(25,26)24-8-10-27-11-9-24/h1-7,12,23H,8-11,13-14H2. The molecule has 0 spiro atoms. The number of sulfonamides is 1. The number of ether oxygens (including phenoxy) is 1. The van der Waals surface area contributed by atoms with Crippen LogP contribution in [0.5, 0.6) is 0 Å². The van der Waals surface area contributed by atoms with E-state index in [2.05, 4.69) is 5.32 Å². The molecule has 2 aromatic carbocycles. The van der Waals surface area contributed by atoms with Crippen molar-refractivity contribution in [2.24, 2.45) is 0 Å². The summed E-state index contributed by atoms with van der Waals surface area (Å²) >= 11 is 0. The highest BCUT2D eigenvalue weighted by atomic mass is 32.2. The summed E-state index contributed by atoms with van der Waals surface area (Å²) in [5.74, 6) is 0. The van der Waals surface area contributed by atoms with Crippen molar-refractivity contribution in [1.29, 1.82) is 0 Å². The highest BCUT2D eigenvalue weighted by molar-refractivity contribution is 7.89. The van der Waals surface area contributed by atoms with Crippen LogP contribution in [-0.4, -0.2) is 39.0 Å². The minimum absolute atomic E-state index is 0.219. The van der Waals surface area contributed by atoms with Crippen molar-refractivity contribution in [2.75, 3.05) is 26.3 Å². The van der Waals surface area contributed by atoms with Crippen LogP contribution in [0, 0.1) is 0 Å². The number of rotatable bonds is 6. The Bertz CT molecular complexity index is 893. The number of halogens is 3. The fourth-order valence-electron chi connectivity index (χ4n) is 2.92. The van der Waals surface area contributed by atoms with Crippen molar-refractivity contribution >= 4 is 10.0 Å². The summed E-state index contributed by atoms with van der Waals surface area (Å²) in [6.45, 7) is 2.13. The lowest BCUT2D eigenvalue weighted by Gasteiger charge is -2.26. The van der Waals surface area contributed by atoms with Gasteiger partial charge in [-0.3, -0.25) is 0 Å². The lowest BCUT2D eigenvalue weighted by atomic mass is 10.1. The summed E-state index contributed by atoms with van der Waals surface area (Å²) in [6, 6.07) is 11.7. The van der Waals surface area contributed by atoms with E-state index in [4.69, 9.17) is 4.74 Å². The number of hydrogen-bond acceptors (Lipinski definition) is 4. The number of hydrogen-bond donors (Lipinski definition) is 1. The molecule has 5 nitrogen and oxygen atoms in total. The number of morpholine rings is 1. The predicted octanol–water partition coefficient (Wildman–Crippen LogP) is 3.02. The van der Waals surface area contributed by atoms with Crippen LogP contribution in [0.4, 0.5) is 13.2 Å². The van der Waals surface area contributed by atoms with Crippen LogP contribution in [0.15, 0.2) is 53.4 Å². The monoisotopic (exact) mass is 414 g/mol. The van der Waals surface area contributed by atoms with E-state index < -0.39 is 21.8 Å². The first-order valence-corrected chi connectivity index (χ1v) is 10.2. The quantitative estimate of drug-likeness (QED) is 0.790. The van der Waals surface area contributed by atoms with Crippen LogP contribution in [0.25, 0.3) is 0 Å². The third kappa shape index (κ3) is 5.11. The molecular formula is C19H21F3N2O3S. The lowest BCUT2D eigenvalue weighted by molar-refractivity contribution is -0.137. The van der Waals surface area contributed by atoms with Crippen molar-refractivity contribution < 1.29 is 26.3 Å². The number of alkyl halides is 3. The zero-order valence-electron chi connectivity index (χ0n) is 15.1. The molecule has 1 N–H and O–H groups in total. The van der Waals surface area contributed by atoms with Gasteiger partial charge in [-0.05, 0) is 29.3 Å². The van der Waals surface area contributed by atoms with Gasteiger partial charge in [-0.15, -0.1) is 0 Å². The molecule has 0 bridgehead atoms. The van der Waals surface area contributed by atoms with E-state index in [9.17, 15) is 21.6 Å². The molecule has 1 heterocycles. The molecule has 1 aliphatic rings. The molecule has 28 heavy (non-hydrogen) atoms. The molecule has 1 aliphatic heterocycles. The van der Waals surface area contributed by atoms with E-state index in [1.165, 1.54) is 10.4 Å². The molecule has 2 aromatic rings. The second kappa shape index (κ2) is 8.60. The van der Waals surface area contributed by atoms with E-state index in [0.717, 1.165) is 17.7 Å². The van der Waals surface area contributed by atoms with Crippen LogP contribution in [0.3, 0.4) is 0 Å². The van der Waals surface area contributed by atoms with Gasteiger partial charge in [0, 0.05) is 26.2 Å². The summed E-state index contributed by atoms with van der Waals surface area (Å²) in [5, 5.41) is 3.07. The van der Waals surface area contributed by atoms with E-state index in [0.29, 0.717) is 38.4 Å². The van der Waals surface area contributed by atoms with Gasteiger partial charge in [-0.2, -0.15) is 17.5 Å². The van der Waals surface area contributed by atoms with E-state index in [1.807, 2.05) is 0 Å².